The van der Waals surface area contributed by atoms with Gasteiger partial charge in [0.05, 0.1) is 16.7 Å². The number of amides is 1. The van der Waals surface area contributed by atoms with Crippen molar-refractivity contribution in [1.29, 1.82) is 0 Å². The van der Waals surface area contributed by atoms with Crippen molar-refractivity contribution in [3.8, 4) is 0 Å². The molecule has 0 saturated carbocycles. The third-order valence-electron chi connectivity index (χ3n) is 3.53. The zero-order valence-corrected chi connectivity index (χ0v) is 13.1. The van der Waals surface area contributed by atoms with Crippen LogP contribution in [-0.4, -0.2) is 62.7 Å². The van der Waals surface area contributed by atoms with Crippen LogP contribution in [0.1, 0.15) is 37.3 Å². The molecule has 1 saturated heterocycles. The topological polar surface area (TPSA) is 69.6 Å². The maximum absolute atomic E-state index is 11.4. The fraction of sp³-hybridized carbons (Fsp3) is 0.769. The number of β-amino-alcohol motifs (C(OH)–C–C–N with tert-alkyl or cyclic N) is 1. The summed E-state index contributed by atoms with van der Waals surface area (Å²) in [4.78, 5) is 16.5. The second-order valence-corrected chi connectivity index (χ2v) is 6.43. The Labute approximate surface area is 123 Å². The van der Waals surface area contributed by atoms with E-state index in [4.69, 9.17) is 0 Å². The van der Waals surface area contributed by atoms with Gasteiger partial charge in [0.15, 0.2) is 0 Å². The molecule has 6 nitrogen and oxygen atoms in total. The molecule has 1 aliphatic heterocycles. The maximum atomic E-state index is 11.4. The normalized spacial score (nSPS) is 21.2. The lowest BCUT2D eigenvalue weighted by atomic mass is 10.1. The summed E-state index contributed by atoms with van der Waals surface area (Å²) in [5.41, 5.74) is 1.04. The van der Waals surface area contributed by atoms with Gasteiger partial charge in [0, 0.05) is 39.6 Å². The van der Waals surface area contributed by atoms with E-state index in [0.717, 1.165) is 23.7 Å². The molecule has 1 amide bonds. The standard InChI is InChI=1S/C13H22N4O2S/c1-9(2)13-12(20-15-14-13)8-16-4-5-17(10(3)18)7-11(19)6-16/h9,11,19H,4-8H2,1-3H3/t11-/m1/s1. The first kappa shape index (κ1) is 15.3. The number of carbonyl (C=O) groups excluding carboxylic acids is 1. The monoisotopic (exact) mass is 298 g/mol. The molecule has 1 aromatic heterocycles. The van der Waals surface area contributed by atoms with Crippen molar-refractivity contribution in [2.75, 3.05) is 26.2 Å². The zero-order chi connectivity index (χ0) is 14.7. The van der Waals surface area contributed by atoms with E-state index in [-0.39, 0.29) is 5.91 Å². The number of aliphatic hydroxyl groups excluding tert-OH is 1. The predicted molar refractivity (Wildman–Crippen MR) is 77.5 cm³/mol. The fourth-order valence-corrected chi connectivity index (χ4v) is 3.29. The number of aliphatic hydroxyl groups is 1. The Morgan fingerprint density at radius 3 is 2.85 bits per heavy atom. The Hall–Kier alpha value is -1.05. The van der Waals surface area contributed by atoms with Crippen LogP contribution in [-0.2, 0) is 11.3 Å². The Kier molecular flexibility index (Phi) is 5.06. The van der Waals surface area contributed by atoms with Gasteiger partial charge in [-0.1, -0.05) is 18.3 Å². The van der Waals surface area contributed by atoms with Crippen molar-refractivity contribution in [2.24, 2.45) is 0 Å². The first-order valence-electron chi connectivity index (χ1n) is 6.94. The van der Waals surface area contributed by atoms with Gasteiger partial charge in [0.2, 0.25) is 5.91 Å². The second kappa shape index (κ2) is 6.60. The minimum atomic E-state index is -0.496. The van der Waals surface area contributed by atoms with Gasteiger partial charge in [-0.2, -0.15) is 0 Å². The van der Waals surface area contributed by atoms with Gasteiger partial charge in [-0.25, -0.2) is 0 Å². The molecule has 0 bridgehead atoms. The Morgan fingerprint density at radius 2 is 2.20 bits per heavy atom. The molecule has 1 N–H and O–H groups in total. The van der Waals surface area contributed by atoms with E-state index in [2.05, 4.69) is 28.3 Å². The van der Waals surface area contributed by atoms with Gasteiger partial charge in [-0.3, -0.25) is 9.69 Å². The minimum Gasteiger partial charge on any atom is -0.390 e. The van der Waals surface area contributed by atoms with E-state index in [1.165, 1.54) is 11.5 Å². The van der Waals surface area contributed by atoms with Crippen LogP contribution in [0.3, 0.4) is 0 Å². The van der Waals surface area contributed by atoms with Gasteiger partial charge >= 0.3 is 0 Å². The molecule has 2 rings (SSSR count). The van der Waals surface area contributed by atoms with E-state index in [9.17, 15) is 9.90 Å². The van der Waals surface area contributed by atoms with E-state index in [0.29, 0.717) is 25.6 Å². The molecule has 1 aromatic rings. The van der Waals surface area contributed by atoms with Crippen molar-refractivity contribution in [2.45, 2.75) is 39.3 Å². The van der Waals surface area contributed by atoms with Crippen LogP contribution in [0.4, 0.5) is 0 Å². The Balaban J connectivity index is 2.02. The summed E-state index contributed by atoms with van der Waals surface area (Å²) in [6.07, 6.45) is -0.496. The number of aromatic nitrogens is 2. The average molecular weight is 298 g/mol. The molecule has 0 unspecified atom stereocenters. The van der Waals surface area contributed by atoms with Gasteiger partial charge in [0.1, 0.15) is 0 Å². The van der Waals surface area contributed by atoms with E-state index in [1.807, 2.05) is 0 Å². The number of hydrogen-bond acceptors (Lipinski definition) is 6. The third kappa shape index (κ3) is 3.74. The van der Waals surface area contributed by atoms with Crippen LogP contribution in [0.25, 0.3) is 0 Å². The summed E-state index contributed by atoms with van der Waals surface area (Å²) in [7, 11) is 0. The minimum absolute atomic E-state index is 0.0215. The molecule has 2 heterocycles. The quantitative estimate of drug-likeness (QED) is 0.889. The lowest BCUT2D eigenvalue weighted by molar-refractivity contribution is -0.129. The molecular formula is C13H22N4O2S. The number of rotatable bonds is 3. The number of hydrogen-bond donors (Lipinski definition) is 1. The molecule has 0 radical (unpaired) electrons. The Morgan fingerprint density at radius 1 is 1.45 bits per heavy atom. The van der Waals surface area contributed by atoms with Gasteiger partial charge < -0.3 is 10.0 Å². The number of nitrogens with zero attached hydrogens (tertiary/aromatic N) is 4. The van der Waals surface area contributed by atoms with Crippen LogP contribution in [0.15, 0.2) is 0 Å². The van der Waals surface area contributed by atoms with Crippen molar-refractivity contribution in [3.63, 3.8) is 0 Å². The number of carbonyl (C=O) groups is 1. The molecule has 0 aromatic carbocycles. The van der Waals surface area contributed by atoms with Crippen LogP contribution >= 0.6 is 11.5 Å². The highest BCUT2D eigenvalue weighted by Crippen LogP contribution is 2.21. The molecule has 20 heavy (non-hydrogen) atoms. The smallest absolute Gasteiger partial charge is 0.219 e. The highest BCUT2D eigenvalue weighted by molar-refractivity contribution is 7.05. The van der Waals surface area contributed by atoms with Crippen LogP contribution < -0.4 is 0 Å². The maximum Gasteiger partial charge on any atom is 0.219 e. The summed E-state index contributed by atoms with van der Waals surface area (Å²) in [6.45, 7) is 8.94. The third-order valence-corrected chi connectivity index (χ3v) is 4.25. The molecule has 0 aliphatic carbocycles. The summed E-state index contributed by atoms with van der Waals surface area (Å²) >= 11 is 1.42. The molecule has 112 valence electrons. The lowest BCUT2D eigenvalue weighted by Gasteiger charge is -2.20. The highest BCUT2D eigenvalue weighted by atomic mass is 32.1. The first-order chi connectivity index (χ1) is 9.47. The summed E-state index contributed by atoms with van der Waals surface area (Å²) < 4.78 is 4.03. The summed E-state index contributed by atoms with van der Waals surface area (Å²) in [5.74, 6) is 0.377. The Bertz CT molecular complexity index is 463. The molecule has 1 aliphatic rings. The first-order valence-corrected chi connectivity index (χ1v) is 7.71. The summed E-state index contributed by atoms with van der Waals surface area (Å²) in [5, 5.41) is 14.2. The van der Waals surface area contributed by atoms with Gasteiger partial charge in [-0.15, -0.1) is 5.10 Å². The SMILES string of the molecule is CC(=O)N1CCN(Cc2snnc2C(C)C)C[C@@H](O)C1. The highest BCUT2D eigenvalue weighted by Gasteiger charge is 2.24. The summed E-state index contributed by atoms with van der Waals surface area (Å²) in [6, 6.07) is 0. The van der Waals surface area contributed by atoms with Crippen LogP contribution in [0.2, 0.25) is 0 Å². The zero-order valence-electron chi connectivity index (χ0n) is 12.2. The van der Waals surface area contributed by atoms with Crippen molar-refractivity contribution in [1.82, 2.24) is 19.4 Å². The van der Waals surface area contributed by atoms with Crippen LogP contribution in [0, 0.1) is 0 Å². The van der Waals surface area contributed by atoms with Crippen molar-refractivity contribution in [3.05, 3.63) is 10.6 Å². The molecule has 7 heteroatoms. The average Bonchev–Trinajstić information content (AvgIpc) is 2.73. The fourth-order valence-electron chi connectivity index (χ4n) is 2.45. The van der Waals surface area contributed by atoms with E-state index in [1.54, 1.807) is 11.8 Å². The second-order valence-electron chi connectivity index (χ2n) is 5.59. The van der Waals surface area contributed by atoms with E-state index < -0.39 is 6.10 Å². The predicted octanol–water partition coefficient (Wildman–Crippen LogP) is 0.686. The van der Waals surface area contributed by atoms with Gasteiger partial charge in [0.25, 0.3) is 0 Å². The van der Waals surface area contributed by atoms with E-state index >= 15 is 0 Å². The molecule has 1 fully saturated rings. The van der Waals surface area contributed by atoms with Crippen LogP contribution in [0.5, 0.6) is 0 Å². The van der Waals surface area contributed by atoms with Crippen molar-refractivity contribution >= 4 is 17.4 Å². The van der Waals surface area contributed by atoms with Crippen molar-refractivity contribution < 1.29 is 9.90 Å². The lowest BCUT2D eigenvalue weighted by Crippen LogP contribution is -2.36. The molecule has 1 atom stereocenters. The molecule has 0 spiro atoms. The molecular weight excluding hydrogens is 276 g/mol. The van der Waals surface area contributed by atoms with Gasteiger partial charge in [-0.05, 0) is 17.5 Å². The largest absolute Gasteiger partial charge is 0.390 e.